The second-order valence-electron chi connectivity index (χ2n) is 4.67. The van der Waals surface area contributed by atoms with Gasteiger partial charge < -0.3 is 10.7 Å². The summed E-state index contributed by atoms with van der Waals surface area (Å²) < 4.78 is 29.0. The number of hydrogen-bond acceptors (Lipinski definition) is 6. The molecule has 0 saturated carbocycles. The van der Waals surface area contributed by atoms with Gasteiger partial charge in [0.05, 0.1) is 0 Å². The Balaban J connectivity index is 2.03. The van der Waals surface area contributed by atoms with Crippen LogP contribution in [0.1, 0.15) is 6.42 Å². The van der Waals surface area contributed by atoms with Gasteiger partial charge in [-0.3, -0.25) is 9.20 Å². The van der Waals surface area contributed by atoms with E-state index in [1.165, 1.54) is 4.40 Å². The van der Waals surface area contributed by atoms with Crippen LogP contribution in [0.25, 0.3) is 5.65 Å². The number of amides is 1. The molecule has 0 bridgehead atoms. The smallest absolute Gasteiger partial charge is 0.260 e. The van der Waals surface area contributed by atoms with Crippen LogP contribution in [0.4, 0.5) is 5.82 Å². The van der Waals surface area contributed by atoms with Crippen LogP contribution in [0.5, 0.6) is 0 Å². The number of nitrogen functional groups attached to an aromatic ring is 1. The summed E-state index contributed by atoms with van der Waals surface area (Å²) in [5.74, 6) is 5.22. The molecule has 9 nitrogen and oxygen atoms in total. The molecule has 1 atom stereocenters. The number of anilines is 1. The molecule has 0 aliphatic carbocycles. The summed E-state index contributed by atoms with van der Waals surface area (Å²) in [5.41, 5.74) is 2.74. The lowest BCUT2D eigenvalue weighted by Gasteiger charge is -2.12. The minimum absolute atomic E-state index is 0.0472. The van der Waals surface area contributed by atoms with Crippen molar-refractivity contribution < 1.29 is 13.2 Å². The largest absolute Gasteiger partial charge is 0.354 e. The van der Waals surface area contributed by atoms with E-state index in [0.717, 1.165) is 0 Å². The molecule has 0 spiro atoms. The molecule has 1 aliphatic heterocycles. The highest BCUT2D eigenvalue weighted by Crippen LogP contribution is 2.22. The van der Waals surface area contributed by atoms with Crippen molar-refractivity contribution in [2.75, 3.05) is 12.0 Å². The van der Waals surface area contributed by atoms with Crippen LogP contribution in [0, 0.1) is 0 Å². The lowest BCUT2D eigenvalue weighted by Crippen LogP contribution is -2.37. The molecular formula is C11H14N6O3S. The number of nitrogens with two attached hydrogens (primary N) is 1. The number of imidazole rings is 1. The van der Waals surface area contributed by atoms with Crippen molar-refractivity contribution in [2.45, 2.75) is 17.5 Å². The first-order chi connectivity index (χ1) is 10.0. The van der Waals surface area contributed by atoms with Crippen LogP contribution in [0.2, 0.25) is 0 Å². The number of carbonyl (C=O) groups excluding carboxylic acids is 1. The maximum absolute atomic E-state index is 12.5. The monoisotopic (exact) mass is 310 g/mol. The lowest BCUT2D eigenvalue weighted by molar-refractivity contribution is -0.119. The molecule has 3 heterocycles. The van der Waals surface area contributed by atoms with E-state index in [-0.39, 0.29) is 29.7 Å². The molecule has 1 amide bonds. The third-order valence-corrected chi connectivity index (χ3v) is 4.72. The van der Waals surface area contributed by atoms with Crippen LogP contribution >= 0.6 is 0 Å². The molecule has 3 rings (SSSR count). The number of pyridine rings is 1. The fourth-order valence-electron chi connectivity index (χ4n) is 2.29. The van der Waals surface area contributed by atoms with Crippen molar-refractivity contribution in [1.82, 2.24) is 19.4 Å². The highest BCUT2D eigenvalue weighted by Gasteiger charge is 2.31. The Morgan fingerprint density at radius 2 is 2.24 bits per heavy atom. The highest BCUT2D eigenvalue weighted by molar-refractivity contribution is 7.89. The van der Waals surface area contributed by atoms with Gasteiger partial charge in [0.15, 0.2) is 10.8 Å². The molecule has 21 heavy (non-hydrogen) atoms. The van der Waals surface area contributed by atoms with Gasteiger partial charge in [0.2, 0.25) is 5.91 Å². The molecule has 2 aromatic heterocycles. The second-order valence-corrected chi connectivity index (χ2v) is 6.29. The summed E-state index contributed by atoms with van der Waals surface area (Å²) in [6.07, 6.45) is 1.69. The average molecular weight is 310 g/mol. The van der Waals surface area contributed by atoms with E-state index in [2.05, 4.69) is 20.4 Å². The zero-order valence-electron chi connectivity index (χ0n) is 10.9. The number of hydrogen-bond donors (Lipinski definition) is 4. The van der Waals surface area contributed by atoms with E-state index in [1.54, 1.807) is 24.4 Å². The Hall–Kier alpha value is -2.17. The van der Waals surface area contributed by atoms with Gasteiger partial charge in [-0.15, -0.1) is 0 Å². The normalized spacial score (nSPS) is 18.9. The Morgan fingerprint density at radius 3 is 2.90 bits per heavy atom. The number of carbonyl (C=O) groups is 1. The van der Waals surface area contributed by atoms with E-state index >= 15 is 0 Å². The van der Waals surface area contributed by atoms with E-state index in [1.807, 2.05) is 0 Å². The van der Waals surface area contributed by atoms with Crippen molar-refractivity contribution in [3.05, 3.63) is 24.4 Å². The zero-order valence-corrected chi connectivity index (χ0v) is 11.7. The topological polar surface area (TPSA) is 131 Å². The predicted molar refractivity (Wildman–Crippen MR) is 74.7 cm³/mol. The van der Waals surface area contributed by atoms with Crippen LogP contribution in [0.3, 0.4) is 0 Å². The molecule has 0 radical (unpaired) electrons. The molecular weight excluding hydrogens is 296 g/mol. The molecule has 112 valence electrons. The molecule has 0 aromatic carbocycles. The van der Waals surface area contributed by atoms with E-state index in [0.29, 0.717) is 5.65 Å². The summed E-state index contributed by atoms with van der Waals surface area (Å²) >= 11 is 0. The van der Waals surface area contributed by atoms with Crippen molar-refractivity contribution in [3.63, 3.8) is 0 Å². The van der Waals surface area contributed by atoms with Gasteiger partial charge in [-0.05, 0) is 12.1 Å². The molecule has 2 aromatic rings. The maximum Gasteiger partial charge on any atom is 0.260 e. The van der Waals surface area contributed by atoms with Crippen LogP contribution in [-0.4, -0.2) is 36.3 Å². The summed E-state index contributed by atoms with van der Waals surface area (Å²) in [5, 5.41) is 2.49. The number of nitrogens with one attached hydrogen (secondary N) is 3. The van der Waals surface area contributed by atoms with Crippen molar-refractivity contribution in [1.29, 1.82) is 0 Å². The van der Waals surface area contributed by atoms with E-state index in [4.69, 9.17) is 5.84 Å². The minimum atomic E-state index is -3.88. The van der Waals surface area contributed by atoms with Gasteiger partial charge in [0, 0.05) is 25.2 Å². The number of aromatic nitrogens is 2. The summed E-state index contributed by atoms with van der Waals surface area (Å²) in [6, 6.07) is 4.61. The summed E-state index contributed by atoms with van der Waals surface area (Å²) in [7, 11) is -3.88. The molecule has 1 unspecified atom stereocenters. The number of nitrogens with zero attached hydrogens (tertiary/aromatic N) is 2. The maximum atomic E-state index is 12.5. The van der Waals surface area contributed by atoms with Gasteiger partial charge in [0.25, 0.3) is 10.0 Å². The molecule has 10 heteroatoms. The number of hydrazine groups is 1. The minimum Gasteiger partial charge on any atom is -0.354 e. The molecule has 5 N–H and O–H groups in total. The standard InChI is InChI=1S/C11H14N6O3S/c12-15-10-11(17-4-2-1-3-8(17)14-10)21(19,20)16-7-5-9(18)13-6-7/h1-4,7,15-16H,5-6,12H2,(H,13,18). The van der Waals surface area contributed by atoms with Crippen molar-refractivity contribution in [2.24, 2.45) is 5.84 Å². The second kappa shape index (κ2) is 4.98. The number of fused-ring (bicyclic) bond motifs is 1. The lowest BCUT2D eigenvalue weighted by atomic mass is 10.3. The van der Waals surface area contributed by atoms with Crippen molar-refractivity contribution >= 4 is 27.4 Å². The molecule has 1 aliphatic rings. The van der Waals surface area contributed by atoms with Crippen LogP contribution < -0.4 is 21.3 Å². The Morgan fingerprint density at radius 1 is 1.43 bits per heavy atom. The Kier molecular flexibility index (Phi) is 3.27. The first kappa shape index (κ1) is 13.8. The molecule has 1 fully saturated rings. The zero-order chi connectivity index (χ0) is 15.0. The Bertz CT molecular complexity index is 799. The summed E-state index contributed by atoms with van der Waals surface area (Å²) in [4.78, 5) is 15.3. The number of rotatable bonds is 4. The van der Waals surface area contributed by atoms with Gasteiger partial charge >= 0.3 is 0 Å². The highest BCUT2D eigenvalue weighted by atomic mass is 32.2. The summed E-state index contributed by atoms with van der Waals surface area (Å²) in [6.45, 7) is 0.264. The SMILES string of the molecule is NNc1nc2ccccn2c1S(=O)(=O)NC1CNC(=O)C1. The fourth-order valence-corrected chi connectivity index (χ4v) is 3.78. The quantitative estimate of drug-likeness (QED) is 0.414. The number of sulfonamides is 1. The van der Waals surface area contributed by atoms with Gasteiger partial charge in [-0.2, -0.15) is 0 Å². The first-order valence-corrected chi connectivity index (χ1v) is 7.72. The third kappa shape index (κ3) is 2.44. The first-order valence-electron chi connectivity index (χ1n) is 6.24. The van der Waals surface area contributed by atoms with Crippen LogP contribution in [0.15, 0.2) is 29.4 Å². The van der Waals surface area contributed by atoms with E-state index in [9.17, 15) is 13.2 Å². The predicted octanol–water partition coefficient (Wildman–Crippen LogP) is -1.21. The fraction of sp³-hybridized carbons (Fsp3) is 0.273. The van der Waals surface area contributed by atoms with Gasteiger partial charge in [0.1, 0.15) is 5.65 Å². The van der Waals surface area contributed by atoms with Crippen LogP contribution in [-0.2, 0) is 14.8 Å². The van der Waals surface area contributed by atoms with E-state index < -0.39 is 16.1 Å². The third-order valence-electron chi connectivity index (χ3n) is 3.18. The van der Waals surface area contributed by atoms with Gasteiger partial charge in [-0.25, -0.2) is 24.0 Å². The van der Waals surface area contributed by atoms with Crippen molar-refractivity contribution in [3.8, 4) is 0 Å². The van der Waals surface area contributed by atoms with Gasteiger partial charge in [-0.1, -0.05) is 6.07 Å². The molecule has 1 saturated heterocycles. The average Bonchev–Trinajstić information content (AvgIpc) is 3.01. The Labute approximate surface area is 120 Å².